The van der Waals surface area contributed by atoms with Crippen LogP contribution >= 0.6 is 11.3 Å². The van der Waals surface area contributed by atoms with Crippen molar-refractivity contribution in [2.24, 2.45) is 0 Å². The van der Waals surface area contributed by atoms with Crippen LogP contribution in [0.5, 0.6) is 5.75 Å². The first-order valence-electron chi connectivity index (χ1n) is 8.54. The predicted molar refractivity (Wildman–Crippen MR) is 97.4 cm³/mol. The molecule has 0 radical (unpaired) electrons. The van der Waals surface area contributed by atoms with E-state index in [1.54, 1.807) is 11.3 Å². The highest BCUT2D eigenvalue weighted by molar-refractivity contribution is 7.09. The van der Waals surface area contributed by atoms with Crippen molar-refractivity contribution in [2.45, 2.75) is 39.0 Å². The summed E-state index contributed by atoms with van der Waals surface area (Å²) in [4.78, 5) is 13.6. The van der Waals surface area contributed by atoms with E-state index in [0.717, 1.165) is 50.5 Å². The number of pyridine rings is 1. The number of rotatable bonds is 7. The second-order valence-electron chi connectivity index (χ2n) is 6.57. The molecule has 0 N–H and O–H groups in total. The SMILES string of the molecule is CCc1nc(CN2CCC(Oc3ccnc(CN(C)C)c3)C2)cs1. The minimum Gasteiger partial charge on any atom is -0.489 e. The fraction of sp³-hybridized carbons (Fsp3) is 0.556. The van der Waals surface area contributed by atoms with Crippen LogP contribution in [0.2, 0.25) is 0 Å². The van der Waals surface area contributed by atoms with Crippen LogP contribution < -0.4 is 4.74 Å². The first-order chi connectivity index (χ1) is 11.6. The van der Waals surface area contributed by atoms with Crippen molar-refractivity contribution in [3.63, 3.8) is 0 Å². The van der Waals surface area contributed by atoms with E-state index in [4.69, 9.17) is 4.74 Å². The topological polar surface area (TPSA) is 41.5 Å². The molecule has 1 fully saturated rings. The Kier molecular flexibility index (Phi) is 5.81. The van der Waals surface area contributed by atoms with E-state index in [9.17, 15) is 0 Å². The number of thiazole rings is 1. The maximum absolute atomic E-state index is 6.17. The fourth-order valence-electron chi connectivity index (χ4n) is 2.98. The number of hydrogen-bond donors (Lipinski definition) is 0. The van der Waals surface area contributed by atoms with Gasteiger partial charge in [0.2, 0.25) is 0 Å². The summed E-state index contributed by atoms with van der Waals surface area (Å²) in [7, 11) is 4.10. The van der Waals surface area contributed by atoms with Gasteiger partial charge in [-0.25, -0.2) is 4.98 Å². The van der Waals surface area contributed by atoms with E-state index >= 15 is 0 Å². The monoisotopic (exact) mass is 346 g/mol. The van der Waals surface area contributed by atoms with Gasteiger partial charge in [0.15, 0.2) is 0 Å². The summed E-state index contributed by atoms with van der Waals surface area (Å²) in [6.07, 6.45) is 4.18. The summed E-state index contributed by atoms with van der Waals surface area (Å²) < 4.78 is 6.17. The highest BCUT2D eigenvalue weighted by atomic mass is 32.1. The molecule has 1 aliphatic rings. The van der Waals surface area contributed by atoms with Gasteiger partial charge in [0.05, 0.1) is 16.4 Å². The summed E-state index contributed by atoms with van der Waals surface area (Å²) in [6, 6.07) is 4.01. The van der Waals surface area contributed by atoms with Crippen LogP contribution in [-0.4, -0.2) is 53.1 Å². The highest BCUT2D eigenvalue weighted by Gasteiger charge is 2.24. The standard InChI is InChI=1S/C18H26N4OS/c1-4-18-20-15(13-24-18)11-22-8-6-17(12-22)23-16-5-7-19-14(9-16)10-21(2)3/h5,7,9,13,17H,4,6,8,10-12H2,1-3H3. The normalized spacial score (nSPS) is 18.4. The summed E-state index contributed by atoms with van der Waals surface area (Å²) in [6.45, 7) is 5.95. The zero-order chi connectivity index (χ0) is 16.9. The van der Waals surface area contributed by atoms with Crippen molar-refractivity contribution in [1.82, 2.24) is 19.8 Å². The van der Waals surface area contributed by atoms with Crippen molar-refractivity contribution >= 4 is 11.3 Å². The number of hydrogen-bond acceptors (Lipinski definition) is 6. The molecule has 3 rings (SSSR count). The molecule has 24 heavy (non-hydrogen) atoms. The molecule has 2 aromatic heterocycles. The van der Waals surface area contributed by atoms with Crippen LogP contribution in [0, 0.1) is 0 Å². The van der Waals surface area contributed by atoms with Gasteiger partial charge < -0.3 is 9.64 Å². The Balaban J connectivity index is 1.52. The molecular weight excluding hydrogens is 320 g/mol. The maximum atomic E-state index is 6.17. The summed E-state index contributed by atoms with van der Waals surface area (Å²) in [5, 5.41) is 3.41. The quantitative estimate of drug-likeness (QED) is 0.771. The van der Waals surface area contributed by atoms with Crippen molar-refractivity contribution in [1.29, 1.82) is 0 Å². The number of aromatic nitrogens is 2. The van der Waals surface area contributed by atoms with Gasteiger partial charge in [0.25, 0.3) is 0 Å². The zero-order valence-corrected chi connectivity index (χ0v) is 15.6. The van der Waals surface area contributed by atoms with Crippen molar-refractivity contribution < 1.29 is 4.74 Å². The second-order valence-corrected chi connectivity index (χ2v) is 7.51. The molecular formula is C18H26N4OS. The van der Waals surface area contributed by atoms with E-state index in [1.165, 1.54) is 10.7 Å². The van der Waals surface area contributed by atoms with Crippen LogP contribution in [0.1, 0.15) is 29.7 Å². The third-order valence-corrected chi connectivity index (χ3v) is 5.13. The molecule has 5 nitrogen and oxygen atoms in total. The van der Waals surface area contributed by atoms with E-state index in [2.05, 4.69) is 38.1 Å². The lowest BCUT2D eigenvalue weighted by Gasteiger charge is -2.16. The van der Waals surface area contributed by atoms with Crippen molar-refractivity contribution in [2.75, 3.05) is 27.2 Å². The number of nitrogens with zero attached hydrogens (tertiary/aromatic N) is 4. The Labute approximate surface area is 148 Å². The van der Waals surface area contributed by atoms with Gasteiger partial charge in [0.1, 0.15) is 11.9 Å². The molecule has 2 aromatic rings. The molecule has 6 heteroatoms. The molecule has 1 aliphatic heterocycles. The lowest BCUT2D eigenvalue weighted by Crippen LogP contribution is -2.24. The average Bonchev–Trinajstić information content (AvgIpc) is 3.17. The third-order valence-electron chi connectivity index (χ3n) is 4.09. The number of aryl methyl sites for hydroxylation is 1. The number of ether oxygens (including phenoxy) is 1. The molecule has 1 atom stereocenters. The van der Waals surface area contributed by atoms with E-state index in [-0.39, 0.29) is 6.10 Å². The molecule has 0 bridgehead atoms. The van der Waals surface area contributed by atoms with E-state index in [1.807, 2.05) is 26.4 Å². The Hall–Kier alpha value is -1.50. The highest BCUT2D eigenvalue weighted by Crippen LogP contribution is 2.21. The molecule has 1 saturated heterocycles. The largest absolute Gasteiger partial charge is 0.489 e. The van der Waals surface area contributed by atoms with E-state index < -0.39 is 0 Å². The van der Waals surface area contributed by atoms with Crippen molar-refractivity contribution in [3.8, 4) is 5.75 Å². The molecule has 0 aromatic carbocycles. The Morgan fingerprint density at radius 3 is 3.00 bits per heavy atom. The van der Waals surface area contributed by atoms with Gasteiger partial charge in [-0.05, 0) is 33.0 Å². The van der Waals surface area contributed by atoms with Gasteiger partial charge in [-0.15, -0.1) is 11.3 Å². The number of likely N-dealkylation sites (tertiary alicyclic amines) is 1. The zero-order valence-electron chi connectivity index (χ0n) is 14.7. The summed E-state index contributed by atoms with van der Waals surface area (Å²) in [5.74, 6) is 0.927. The van der Waals surface area contributed by atoms with Crippen LogP contribution in [0.15, 0.2) is 23.7 Å². The first kappa shape index (κ1) is 17.3. The molecule has 0 saturated carbocycles. The maximum Gasteiger partial charge on any atom is 0.123 e. The van der Waals surface area contributed by atoms with Crippen LogP contribution in [0.3, 0.4) is 0 Å². The smallest absolute Gasteiger partial charge is 0.123 e. The minimum absolute atomic E-state index is 0.254. The van der Waals surface area contributed by atoms with E-state index in [0.29, 0.717) is 0 Å². The Morgan fingerprint density at radius 2 is 2.25 bits per heavy atom. The summed E-state index contributed by atoms with van der Waals surface area (Å²) >= 11 is 1.76. The lowest BCUT2D eigenvalue weighted by atomic mass is 10.3. The Bertz CT molecular complexity index is 658. The molecule has 130 valence electrons. The van der Waals surface area contributed by atoms with Crippen molar-refractivity contribution in [3.05, 3.63) is 40.1 Å². The predicted octanol–water partition coefficient (Wildman–Crippen LogP) is 2.82. The molecule has 1 unspecified atom stereocenters. The van der Waals surface area contributed by atoms with Gasteiger partial charge in [0, 0.05) is 43.8 Å². The molecule has 3 heterocycles. The van der Waals surface area contributed by atoms with Gasteiger partial charge >= 0.3 is 0 Å². The van der Waals surface area contributed by atoms with Gasteiger partial charge in [-0.1, -0.05) is 6.92 Å². The fourth-order valence-corrected chi connectivity index (χ4v) is 3.72. The lowest BCUT2D eigenvalue weighted by molar-refractivity contribution is 0.197. The van der Waals surface area contributed by atoms with Gasteiger partial charge in [-0.2, -0.15) is 0 Å². The average molecular weight is 347 g/mol. The Morgan fingerprint density at radius 1 is 1.38 bits per heavy atom. The van der Waals surface area contributed by atoms with Gasteiger partial charge in [-0.3, -0.25) is 9.88 Å². The van der Waals surface area contributed by atoms with Crippen LogP contribution in [0.25, 0.3) is 0 Å². The third kappa shape index (κ3) is 4.75. The van der Waals surface area contributed by atoms with Crippen LogP contribution in [-0.2, 0) is 19.5 Å². The van der Waals surface area contributed by atoms with Crippen LogP contribution in [0.4, 0.5) is 0 Å². The second kappa shape index (κ2) is 8.05. The first-order valence-corrected chi connectivity index (χ1v) is 9.42. The molecule has 0 spiro atoms. The molecule has 0 aliphatic carbocycles. The summed E-state index contributed by atoms with van der Waals surface area (Å²) in [5.41, 5.74) is 2.23. The minimum atomic E-state index is 0.254. The molecule has 0 amide bonds.